The number of carboxylic acids is 1. The molecular weight excluding hydrogens is 366 g/mol. The zero-order valence-electron chi connectivity index (χ0n) is 17.0. The monoisotopic (exact) mass is 393 g/mol. The molecule has 0 fully saturated rings. The summed E-state index contributed by atoms with van der Waals surface area (Å²) in [5.41, 5.74) is 4.33. The molecule has 0 radical (unpaired) electrons. The molecule has 152 valence electrons. The fourth-order valence-corrected chi connectivity index (χ4v) is 4.23. The van der Waals surface area contributed by atoms with Gasteiger partial charge < -0.3 is 14.3 Å². The van der Waals surface area contributed by atoms with E-state index in [1.165, 1.54) is 5.56 Å². The van der Waals surface area contributed by atoms with E-state index in [0.717, 1.165) is 54.0 Å². The minimum Gasteiger partial charge on any atom is -0.493 e. The smallest absolute Gasteiger partial charge is 0.306 e. The Morgan fingerprint density at radius 3 is 3.00 bits per heavy atom. The summed E-state index contributed by atoms with van der Waals surface area (Å²) in [6.07, 6.45) is 10.9. The Balaban J connectivity index is 1.37. The van der Waals surface area contributed by atoms with Crippen LogP contribution in [0.5, 0.6) is 5.75 Å². The molecule has 0 spiro atoms. The summed E-state index contributed by atoms with van der Waals surface area (Å²) in [7, 11) is 0. The quantitative estimate of drug-likeness (QED) is 0.709. The standard InChI is InChI=1S/C24H27NO4/c1-15(24(26)27)20-10-8-18-14-19(9-11-21(18)20)28-13-12-22-16(2)29-23(25-22)17-6-4-3-5-7-17/h4,6-7,9,11,14-15,20H,3,5,8,10,12-13H2,1-2H3,(H,26,27)/t15-,20-/m0/s1. The molecule has 2 aliphatic carbocycles. The van der Waals surface area contributed by atoms with Crippen LogP contribution in [0.4, 0.5) is 0 Å². The van der Waals surface area contributed by atoms with E-state index in [1.807, 2.05) is 19.1 Å². The van der Waals surface area contributed by atoms with Crippen molar-refractivity contribution in [3.63, 3.8) is 0 Å². The fraction of sp³-hybridized carbons (Fsp3) is 0.417. The molecule has 1 aromatic heterocycles. The number of benzene rings is 1. The summed E-state index contributed by atoms with van der Waals surface area (Å²) >= 11 is 0. The molecule has 0 aliphatic heterocycles. The van der Waals surface area contributed by atoms with E-state index in [-0.39, 0.29) is 11.8 Å². The van der Waals surface area contributed by atoms with Crippen molar-refractivity contribution in [2.24, 2.45) is 5.92 Å². The van der Waals surface area contributed by atoms with Crippen molar-refractivity contribution in [2.75, 3.05) is 6.61 Å². The third kappa shape index (κ3) is 4.14. The molecule has 0 amide bonds. The molecule has 2 aromatic rings. The summed E-state index contributed by atoms with van der Waals surface area (Å²) in [4.78, 5) is 16.0. The molecule has 2 aliphatic rings. The van der Waals surface area contributed by atoms with Crippen molar-refractivity contribution in [3.8, 4) is 5.75 Å². The molecule has 29 heavy (non-hydrogen) atoms. The van der Waals surface area contributed by atoms with Crippen LogP contribution in [-0.2, 0) is 17.6 Å². The SMILES string of the molecule is Cc1oc(C2=CCCC=C2)nc1CCOc1ccc2c(c1)CC[C@H]2[C@H](C)C(=O)O. The molecule has 1 N–H and O–H groups in total. The number of aromatic nitrogens is 1. The van der Waals surface area contributed by atoms with Crippen molar-refractivity contribution in [2.45, 2.75) is 51.9 Å². The Hall–Kier alpha value is -2.82. The maximum absolute atomic E-state index is 11.3. The van der Waals surface area contributed by atoms with E-state index in [2.05, 4.69) is 29.3 Å². The number of oxazole rings is 1. The van der Waals surface area contributed by atoms with Gasteiger partial charge in [0, 0.05) is 12.0 Å². The number of fused-ring (bicyclic) bond motifs is 1. The van der Waals surface area contributed by atoms with Gasteiger partial charge in [0.1, 0.15) is 11.5 Å². The third-order valence-electron chi connectivity index (χ3n) is 5.97. The molecule has 0 bridgehead atoms. The van der Waals surface area contributed by atoms with Gasteiger partial charge in [-0.1, -0.05) is 31.2 Å². The van der Waals surface area contributed by atoms with Crippen molar-refractivity contribution >= 4 is 11.5 Å². The summed E-state index contributed by atoms with van der Waals surface area (Å²) in [6, 6.07) is 6.04. The number of nitrogens with zero attached hydrogens (tertiary/aromatic N) is 1. The first-order valence-corrected chi connectivity index (χ1v) is 10.3. The van der Waals surface area contributed by atoms with E-state index in [9.17, 15) is 9.90 Å². The van der Waals surface area contributed by atoms with Crippen molar-refractivity contribution in [1.82, 2.24) is 4.98 Å². The zero-order chi connectivity index (χ0) is 20.4. The first-order chi connectivity index (χ1) is 14.0. The van der Waals surface area contributed by atoms with Gasteiger partial charge in [-0.3, -0.25) is 4.79 Å². The average Bonchev–Trinajstić information content (AvgIpc) is 3.31. The minimum atomic E-state index is -0.731. The number of allylic oxidation sites excluding steroid dienone is 4. The van der Waals surface area contributed by atoms with Crippen LogP contribution in [0, 0.1) is 12.8 Å². The minimum absolute atomic E-state index is 0.0934. The number of aliphatic carboxylic acids is 1. The van der Waals surface area contributed by atoms with Gasteiger partial charge >= 0.3 is 5.97 Å². The Labute approximate surface area is 171 Å². The Kier molecular flexibility index (Phi) is 5.56. The average molecular weight is 393 g/mol. The predicted molar refractivity (Wildman–Crippen MR) is 111 cm³/mol. The Bertz CT molecular complexity index is 969. The lowest BCUT2D eigenvalue weighted by Gasteiger charge is -2.16. The molecule has 0 unspecified atom stereocenters. The molecule has 5 heteroatoms. The predicted octanol–water partition coefficient (Wildman–Crippen LogP) is 5.09. The van der Waals surface area contributed by atoms with Crippen LogP contribution in [0.25, 0.3) is 5.57 Å². The lowest BCUT2D eigenvalue weighted by molar-refractivity contribution is -0.141. The molecule has 1 heterocycles. The molecule has 1 aromatic carbocycles. The number of hydrogen-bond acceptors (Lipinski definition) is 4. The Morgan fingerprint density at radius 1 is 1.38 bits per heavy atom. The van der Waals surface area contributed by atoms with Crippen LogP contribution in [-0.4, -0.2) is 22.7 Å². The highest BCUT2D eigenvalue weighted by Crippen LogP contribution is 2.40. The summed E-state index contributed by atoms with van der Waals surface area (Å²) in [5.74, 6) is 1.35. The van der Waals surface area contributed by atoms with Crippen molar-refractivity contribution in [1.29, 1.82) is 0 Å². The van der Waals surface area contributed by atoms with Gasteiger partial charge in [-0.25, -0.2) is 4.98 Å². The van der Waals surface area contributed by atoms with Crippen LogP contribution < -0.4 is 4.74 Å². The van der Waals surface area contributed by atoms with Crippen molar-refractivity contribution < 1.29 is 19.1 Å². The van der Waals surface area contributed by atoms with E-state index in [4.69, 9.17) is 9.15 Å². The lowest BCUT2D eigenvalue weighted by Crippen LogP contribution is -2.17. The zero-order valence-corrected chi connectivity index (χ0v) is 17.0. The molecule has 5 nitrogen and oxygen atoms in total. The van der Waals surface area contributed by atoms with Gasteiger partial charge in [0.25, 0.3) is 0 Å². The second-order valence-electron chi connectivity index (χ2n) is 7.89. The number of hydrogen-bond donors (Lipinski definition) is 1. The molecular formula is C24H27NO4. The normalized spacial score (nSPS) is 19.0. The van der Waals surface area contributed by atoms with Gasteiger partial charge in [0.2, 0.25) is 5.89 Å². The van der Waals surface area contributed by atoms with E-state index >= 15 is 0 Å². The number of ether oxygens (including phenoxy) is 1. The van der Waals surface area contributed by atoms with Gasteiger partial charge in [0.15, 0.2) is 0 Å². The summed E-state index contributed by atoms with van der Waals surface area (Å²) in [6.45, 7) is 4.26. The van der Waals surface area contributed by atoms with E-state index in [0.29, 0.717) is 18.9 Å². The fourth-order valence-electron chi connectivity index (χ4n) is 4.23. The van der Waals surface area contributed by atoms with E-state index < -0.39 is 5.97 Å². The molecule has 0 saturated carbocycles. The Morgan fingerprint density at radius 2 is 2.24 bits per heavy atom. The highest BCUT2D eigenvalue weighted by Gasteiger charge is 2.31. The first-order valence-electron chi connectivity index (χ1n) is 10.3. The largest absolute Gasteiger partial charge is 0.493 e. The molecule has 4 rings (SSSR count). The number of aryl methyl sites for hydroxylation is 2. The second-order valence-corrected chi connectivity index (χ2v) is 7.89. The molecule has 2 atom stereocenters. The van der Waals surface area contributed by atoms with Crippen LogP contribution in [0.2, 0.25) is 0 Å². The van der Waals surface area contributed by atoms with Crippen molar-refractivity contribution in [3.05, 3.63) is 64.9 Å². The topological polar surface area (TPSA) is 72.6 Å². The highest BCUT2D eigenvalue weighted by atomic mass is 16.5. The second kappa shape index (κ2) is 8.27. The van der Waals surface area contributed by atoms with Gasteiger partial charge in [-0.05, 0) is 61.8 Å². The van der Waals surface area contributed by atoms with Crippen LogP contribution in [0.1, 0.15) is 60.6 Å². The van der Waals surface area contributed by atoms with Crippen LogP contribution in [0.15, 0.2) is 40.8 Å². The lowest BCUT2D eigenvalue weighted by atomic mass is 9.89. The van der Waals surface area contributed by atoms with E-state index in [1.54, 1.807) is 6.92 Å². The van der Waals surface area contributed by atoms with Crippen LogP contribution >= 0.6 is 0 Å². The maximum atomic E-state index is 11.3. The summed E-state index contributed by atoms with van der Waals surface area (Å²) < 4.78 is 11.8. The van der Waals surface area contributed by atoms with Gasteiger partial charge in [-0.15, -0.1) is 0 Å². The molecule has 0 saturated heterocycles. The third-order valence-corrected chi connectivity index (χ3v) is 5.97. The first kappa shape index (κ1) is 19.5. The van der Waals surface area contributed by atoms with Crippen LogP contribution in [0.3, 0.4) is 0 Å². The van der Waals surface area contributed by atoms with Gasteiger partial charge in [0.05, 0.1) is 18.2 Å². The number of rotatable bonds is 7. The van der Waals surface area contributed by atoms with Gasteiger partial charge in [-0.2, -0.15) is 0 Å². The maximum Gasteiger partial charge on any atom is 0.306 e. The highest BCUT2D eigenvalue weighted by molar-refractivity contribution is 5.71. The number of carboxylic acid groups (broad SMARTS) is 1. The summed E-state index contributed by atoms with van der Waals surface area (Å²) in [5, 5.41) is 9.31. The number of carbonyl (C=O) groups is 1.